The van der Waals surface area contributed by atoms with Crippen LogP contribution in [0.4, 0.5) is 10.1 Å². The third-order valence-corrected chi connectivity index (χ3v) is 4.76. The van der Waals surface area contributed by atoms with Crippen molar-refractivity contribution in [3.05, 3.63) is 65.0 Å². The number of nitrogens with one attached hydrogen (secondary N) is 1. The third kappa shape index (κ3) is 5.95. The summed E-state index contributed by atoms with van der Waals surface area (Å²) in [5, 5.41) is 2.72. The van der Waals surface area contributed by atoms with Gasteiger partial charge in [-0.15, -0.1) is 0 Å². The van der Waals surface area contributed by atoms with Crippen molar-refractivity contribution in [3.8, 4) is 0 Å². The fraction of sp³-hybridized carbons (Fsp3) is 0.278. The molecule has 134 valence electrons. The molecule has 0 atom stereocenters. The van der Waals surface area contributed by atoms with Gasteiger partial charge in [-0.25, -0.2) is 12.8 Å². The molecule has 0 aromatic heterocycles. The first-order valence-corrected chi connectivity index (χ1v) is 9.56. The molecule has 0 saturated carbocycles. The summed E-state index contributed by atoms with van der Waals surface area (Å²) >= 11 is 0. The molecule has 0 aliphatic carbocycles. The van der Waals surface area contributed by atoms with Gasteiger partial charge in [0.2, 0.25) is 15.9 Å². The molecule has 0 saturated heterocycles. The second-order valence-corrected chi connectivity index (χ2v) is 8.06. The van der Waals surface area contributed by atoms with Gasteiger partial charge in [0.05, 0.1) is 12.8 Å². The molecule has 2 rings (SSSR count). The Morgan fingerprint density at radius 2 is 1.64 bits per heavy atom. The Morgan fingerprint density at radius 3 is 2.16 bits per heavy atom. The lowest BCUT2D eigenvalue weighted by Crippen LogP contribution is -2.36. The molecule has 5 nitrogen and oxygen atoms in total. The number of amides is 1. The first kappa shape index (κ1) is 19.1. The van der Waals surface area contributed by atoms with Crippen molar-refractivity contribution < 1.29 is 17.6 Å². The molecule has 1 N–H and O–H groups in total. The number of rotatable bonds is 6. The highest BCUT2D eigenvalue weighted by molar-refractivity contribution is 7.88. The first-order chi connectivity index (χ1) is 11.6. The molecule has 25 heavy (non-hydrogen) atoms. The van der Waals surface area contributed by atoms with E-state index in [0.717, 1.165) is 21.7 Å². The number of carbonyl (C=O) groups is 1. The number of carbonyl (C=O) groups excluding carboxylic acids is 1. The van der Waals surface area contributed by atoms with E-state index in [9.17, 15) is 17.6 Å². The maximum Gasteiger partial charge on any atom is 0.239 e. The average Bonchev–Trinajstić information content (AvgIpc) is 2.46. The molecule has 0 radical (unpaired) electrons. The Hall–Kier alpha value is -2.25. The van der Waals surface area contributed by atoms with Crippen molar-refractivity contribution in [1.29, 1.82) is 0 Å². The van der Waals surface area contributed by atoms with Crippen LogP contribution in [0.3, 0.4) is 0 Å². The van der Waals surface area contributed by atoms with Crippen molar-refractivity contribution in [1.82, 2.24) is 4.31 Å². The SMILES string of the molecule is Cc1cc(C)cc(NC(=O)CN(Cc2ccc(F)cc2)S(C)(=O)=O)c1. The Kier molecular flexibility index (Phi) is 5.92. The molecule has 7 heteroatoms. The number of hydrogen-bond acceptors (Lipinski definition) is 3. The minimum atomic E-state index is -3.60. The van der Waals surface area contributed by atoms with Crippen LogP contribution in [-0.2, 0) is 21.4 Å². The molecule has 0 unspecified atom stereocenters. The van der Waals surface area contributed by atoms with Crippen molar-refractivity contribution in [2.75, 3.05) is 18.1 Å². The van der Waals surface area contributed by atoms with Gasteiger partial charge in [0.15, 0.2) is 0 Å². The quantitative estimate of drug-likeness (QED) is 0.857. The van der Waals surface area contributed by atoms with E-state index in [2.05, 4.69) is 5.32 Å². The second-order valence-electron chi connectivity index (χ2n) is 6.08. The van der Waals surface area contributed by atoms with Crippen LogP contribution in [0.2, 0.25) is 0 Å². The largest absolute Gasteiger partial charge is 0.325 e. The van der Waals surface area contributed by atoms with E-state index < -0.39 is 21.7 Å². The van der Waals surface area contributed by atoms with Gasteiger partial charge < -0.3 is 5.32 Å². The molecule has 1 amide bonds. The smallest absolute Gasteiger partial charge is 0.239 e. The van der Waals surface area contributed by atoms with Crippen LogP contribution in [0.15, 0.2) is 42.5 Å². The maximum absolute atomic E-state index is 13.0. The Balaban J connectivity index is 2.11. The number of sulfonamides is 1. The first-order valence-electron chi connectivity index (χ1n) is 7.71. The summed E-state index contributed by atoms with van der Waals surface area (Å²) in [6.07, 6.45) is 1.04. The predicted octanol–water partition coefficient (Wildman–Crippen LogP) is 2.84. The highest BCUT2D eigenvalue weighted by Crippen LogP contribution is 2.15. The van der Waals surface area contributed by atoms with Gasteiger partial charge in [-0.1, -0.05) is 18.2 Å². The topological polar surface area (TPSA) is 66.5 Å². The lowest BCUT2D eigenvalue weighted by atomic mass is 10.1. The molecular formula is C18H21FN2O3S. The summed E-state index contributed by atoms with van der Waals surface area (Å²) in [5.74, 6) is -0.834. The van der Waals surface area contributed by atoms with Crippen LogP contribution in [0.1, 0.15) is 16.7 Å². The van der Waals surface area contributed by atoms with Gasteiger partial charge in [-0.05, 0) is 54.8 Å². The highest BCUT2D eigenvalue weighted by Gasteiger charge is 2.20. The van der Waals surface area contributed by atoms with E-state index in [1.54, 1.807) is 0 Å². The summed E-state index contributed by atoms with van der Waals surface area (Å²) in [6.45, 7) is 3.52. The van der Waals surface area contributed by atoms with E-state index in [-0.39, 0.29) is 13.1 Å². The van der Waals surface area contributed by atoms with E-state index in [4.69, 9.17) is 0 Å². The van der Waals surface area contributed by atoms with Gasteiger partial charge in [0.25, 0.3) is 0 Å². The van der Waals surface area contributed by atoms with E-state index >= 15 is 0 Å². The number of benzene rings is 2. The average molecular weight is 364 g/mol. The lowest BCUT2D eigenvalue weighted by Gasteiger charge is -2.20. The van der Waals surface area contributed by atoms with Crippen LogP contribution in [0.5, 0.6) is 0 Å². The molecule has 0 heterocycles. The van der Waals surface area contributed by atoms with Gasteiger partial charge >= 0.3 is 0 Å². The van der Waals surface area contributed by atoms with Crippen LogP contribution in [0.25, 0.3) is 0 Å². The molecule has 0 bridgehead atoms. The fourth-order valence-electron chi connectivity index (χ4n) is 2.49. The van der Waals surface area contributed by atoms with Crippen LogP contribution < -0.4 is 5.32 Å². The van der Waals surface area contributed by atoms with Crippen LogP contribution in [0, 0.1) is 19.7 Å². The second kappa shape index (κ2) is 7.76. The summed E-state index contributed by atoms with van der Waals surface area (Å²) < 4.78 is 38.0. The third-order valence-electron chi connectivity index (χ3n) is 3.57. The Morgan fingerprint density at radius 1 is 1.08 bits per heavy atom. The van der Waals surface area contributed by atoms with E-state index in [1.807, 2.05) is 32.0 Å². The van der Waals surface area contributed by atoms with Crippen molar-refractivity contribution in [3.63, 3.8) is 0 Å². The number of halogens is 1. The minimum absolute atomic E-state index is 0.000616. The lowest BCUT2D eigenvalue weighted by molar-refractivity contribution is -0.116. The molecule has 0 aliphatic rings. The molecular weight excluding hydrogens is 343 g/mol. The zero-order valence-electron chi connectivity index (χ0n) is 14.4. The highest BCUT2D eigenvalue weighted by atomic mass is 32.2. The molecule has 0 fully saturated rings. The predicted molar refractivity (Wildman–Crippen MR) is 96.2 cm³/mol. The summed E-state index contributed by atoms with van der Waals surface area (Å²) in [6, 6.07) is 11.1. The Bertz CT molecular complexity index is 844. The number of anilines is 1. The fourth-order valence-corrected chi connectivity index (χ4v) is 3.23. The van der Waals surface area contributed by atoms with Crippen LogP contribution >= 0.6 is 0 Å². The standard InChI is InChI=1S/C18H21FN2O3S/c1-13-8-14(2)10-17(9-13)20-18(22)12-21(25(3,23)24)11-15-4-6-16(19)7-5-15/h4-10H,11-12H2,1-3H3,(H,20,22). The number of hydrogen-bond donors (Lipinski definition) is 1. The van der Waals surface area contributed by atoms with Gasteiger partial charge in [0, 0.05) is 12.2 Å². The van der Waals surface area contributed by atoms with Crippen molar-refractivity contribution in [2.45, 2.75) is 20.4 Å². The molecule has 2 aromatic carbocycles. The van der Waals surface area contributed by atoms with Gasteiger partial charge in [0.1, 0.15) is 5.82 Å². The summed E-state index contributed by atoms with van der Waals surface area (Å²) in [5.41, 5.74) is 3.23. The van der Waals surface area contributed by atoms with Gasteiger partial charge in [-0.2, -0.15) is 4.31 Å². The number of aryl methyl sites for hydroxylation is 2. The van der Waals surface area contributed by atoms with E-state index in [0.29, 0.717) is 11.3 Å². The molecule has 0 aliphatic heterocycles. The normalized spacial score (nSPS) is 11.6. The Labute approximate surface area is 147 Å². The number of nitrogens with zero attached hydrogens (tertiary/aromatic N) is 1. The van der Waals surface area contributed by atoms with Crippen molar-refractivity contribution in [2.24, 2.45) is 0 Å². The van der Waals surface area contributed by atoms with Crippen molar-refractivity contribution >= 4 is 21.6 Å². The minimum Gasteiger partial charge on any atom is -0.325 e. The molecule has 0 spiro atoms. The monoisotopic (exact) mass is 364 g/mol. The zero-order valence-corrected chi connectivity index (χ0v) is 15.2. The summed E-state index contributed by atoms with van der Waals surface area (Å²) in [4.78, 5) is 12.3. The van der Waals surface area contributed by atoms with E-state index in [1.165, 1.54) is 24.3 Å². The summed E-state index contributed by atoms with van der Waals surface area (Å²) in [7, 11) is -3.60. The zero-order chi connectivity index (χ0) is 18.6. The maximum atomic E-state index is 13.0. The molecule has 2 aromatic rings. The van der Waals surface area contributed by atoms with Gasteiger partial charge in [-0.3, -0.25) is 4.79 Å². The van der Waals surface area contributed by atoms with Crippen LogP contribution in [-0.4, -0.2) is 31.4 Å².